The monoisotopic (exact) mass is 126 g/mol. The van der Waals surface area contributed by atoms with Gasteiger partial charge < -0.3 is 4.74 Å². The molecule has 0 aliphatic heterocycles. The minimum atomic E-state index is -0.306. The summed E-state index contributed by atoms with van der Waals surface area (Å²) in [5, 5.41) is 0. The van der Waals surface area contributed by atoms with Crippen molar-refractivity contribution in [3.63, 3.8) is 0 Å². The molecule has 0 atom stereocenters. The number of methoxy groups -OCH3 is 1. The van der Waals surface area contributed by atoms with Crippen LogP contribution in [0.25, 0.3) is 0 Å². The summed E-state index contributed by atoms with van der Waals surface area (Å²) in [4.78, 5) is 0. The van der Waals surface area contributed by atoms with Crippen LogP contribution >= 0.6 is 0 Å². The van der Waals surface area contributed by atoms with Crippen LogP contribution in [0.3, 0.4) is 0 Å². The van der Waals surface area contributed by atoms with Crippen molar-refractivity contribution in [1.82, 2.24) is 0 Å². The molecule has 0 bridgehead atoms. The van der Waals surface area contributed by atoms with Crippen molar-refractivity contribution in [2.75, 3.05) is 7.11 Å². The second-order valence-electron chi connectivity index (χ2n) is 1.92. The molecule has 1 nitrogen and oxygen atoms in total. The van der Waals surface area contributed by atoms with E-state index >= 15 is 0 Å². The first-order valence-corrected chi connectivity index (χ1v) is 3.07. The third kappa shape index (κ3) is 1.68. The molecule has 0 amide bonds. The average molecular weight is 126 g/mol. The number of rotatable bonds is 4. The Bertz CT molecular complexity index is 91.1. The zero-order valence-electron chi connectivity index (χ0n) is 6.18. The van der Waals surface area contributed by atoms with Crippen LogP contribution in [0.5, 0.6) is 0 Å². The van der Waals surface area contributed by atoms with Crippen LogP contribution < -0.4 is 0 Å². The largest absolute Gasteiger partial charge is 0.370 e. The molecule has 0 heterocycles. The van der Waals surface area contributed by atoms with Gasteiger partial charge >= 0.3 is 0 Å². The topological polar surface area (TPSA) is 9.23 Å². The SMILES string of the molecule is C=CC(C=C)(CC)OC. The van der Waals surface area contributed by atoms with Crippen LogP contribution in [0.4, 0.5) is 0 Å². The lowest BCUT2D eigenvalue weighted by atomic mass is 10.0. The first kappa shape index (κ1) is 8.44. The Morgan fingerprint density at radius 3 is 1.89 bits per heavy atom. The lowest BCUT2D eigenvalue weighted by Crippen LogP contribution is -2.23. The summed E-state index contributed by atoms with van der Waals surface area (Å²) in [6, 6.07) is 0. The highest BCUT2D eigenvalue weighted by Gasteiger charge is 2.17. The molecule has 0 saturated carbocycles. The molecule has 0 unspecified atom stereocenters. The van der Waals surface area contributed by atoms with E-state index in [2.05, 4.69) is 13.2 Å². The molecule has 0 aliphatic carbocycles. The highest BCUT2D eigenvalue weighted by Crippen LogP contribution is 2.16. The minimum absolute atomic E-state index is 0.306. The van der Waals surface area contributed by atoms with Crippen molar-refractivity contribution in [2.45, 2.75) is 18.9 Å². The first-order valence-electron chi connectivity index (χ1n) is 3.07. The first-order chi connectivity index (χ1) is 4.24. The van der Waals surface area contributed by atoms with E-state index in [1.54, 1.807) is 19.3 Å². The van der Waals surface area contributed by atoms with Gasteiger partial charge in [-0.25, -0.2) is 0 Å². The van der Waals surface area contributed by atoms with Crippen molar-refractivity contribution in [3.05, 3.63) is 25.3 Å². The van der Waals surface area contributed by atoms with E-state index in [4.69, 9.17) is 4.74 Å². The van der Waals surface area contributed by atoms with Crippen LogP contribution in [-0.2, 0) is 4.74 Å². The number of ether oxygens (including phenoxy) is 1. The van der Waals surface area contributed by atoms with Gasteiger partial charge in [-0.3, -0.25) is 0 Å². The van der Waals surface area contributed by atoms with Crippen molar-refractivity contribution >= 4 is 0 Å². The Hall–Kier alpha value is -0.560. The van der Waals surface area contributed by atoms with Gasteiger partial charge in [0.15, 0.2) is 0 Å². The fraction of sp³-hybridized carbons (Fsp3) is 0.500. The van der Waals surface area contributed by atoms with Gasteiger partial charge in [0, 0.05) is 7.11 Å². The summed E-state index contributed by atoms with van der Waals surface area (Å²) in [6.07, 6.45) is 4.41. The summed E-state index contributed by atoms with van der Waals surface area (Å²) >= 11 is 0. The number of hydrogen-bond acceptors (Lipinski definition) is 1. The van der Waals surface area contributed by atoms with Gasteiger partial charge in [-0.1, -0.05) is 32.2 Å². The molecule has 0 aliphatic rings. The van der Waals surface area contributed by atoms with Gasteiger partial charge in [-0.05, 0) is 6.42 Å². The maximum absolute atomic E-state index is 5.15. The van der Waals surface area contributed by atoms with E-state index in [9.17, 15) is 0 Å². The Labute approximate surface area is 57.0 Å². The van der Waals surface area contributed by atoms with Crippen LogP contribution in [-0.4, -0.2) is 12.7 Å². The quantitative estimate of drug-likeness (QED) is 0.524. The molecule has 0 aromatic heterocycles. The molecule has 0 saturated heterocycles. The van der Waals surface area contributed by atoms with E-state index in [0.29, 0.717) is 0 Å². The van der Waals surface area contributed by atoms with Crippen LogP contribution in [0, 0.1) is 0 Å². The average Bonchev–Trinajstić information content (AvgIpc) is 1.95. The molecule has 0 radical (unpaired) electrons. The Kier molecular flexibility index (Phi) is 3.25. The summed E-state index contributed by atoms with van der Waals surface area (Å²) in [5.74, 6) is 0. The van der Waals surface area contributed by atoms with Gasteiger partial charge in [0.2, 0.25) is 0 Å². The second kappa shape index (κ2) is 3.46. The van der Waals surface area contributed by atoms with Crippen LogP contribution in [0.2, 0.25) is 0 Å². The molecule has 1 heteroatoms. The van der Waals surface area contributed by atoms with Crippen LogP contribution in [0.1, 0.15) is 13.3 Å². The van der Waals surface area contributed by atoms with E-state index in [1.807, 2.05) is 6.92 Å². The lowest BCUT2D eigenvalue weighted by molar-refractivity contribution is 0.0716. The molecule has 0 rings (SSSR count). The molecular formula is C8H14O. The normalized spacial score (nSPS) is 10.9. The Morgan fingerprint density at radius 2 is 1.89 bits per heavy atom. The summed E-state index contributed by atoms with van der Waals surface area (Å²) in [5.41, 5.74) is -0.306. The van der Waals surface area contributed by atoms with Gasteiger partial charge in [-0.2, -0.15) is 0 Å². The zero-order valence-corrected chi connectivity index (χ0v) is 6.18. The molecule has 52 valence electrons. The summed E-state index contributed by atoms with van der Waals surface area (Å²) in [6.45, 7) is 9.33. The summed E-state index contributed by atoms with van der Waals surface area (Å²) in [7, 11) is 1.66. The minimum Gasteiger partial charge on any atom is -0.370 e. The fourth-order valence-electron chi connectivity index (χ4n) is 0.683. The molecule has 0 spiro atoms. The highest BCUT2D eigenvalue weighted by atomic mass is 16.5. The van der Waals surface area contributed by atoms with E-state index < -0.39 is 0 Å². The summed E-state index contributed by atoms with van der Waals surface area (Å²) < 4.78 is 5.15. The third-order valence-electron chi connectivity index (χ3n) is 1.62. The molecular weight excluding hydrogens is 112 g/mol. The van der Waals surface area contributed by atoms with E-state index in [-0.39, 0.29) is 5.60 Å². The highest BCUT2D eigenvalue weighted by molar-refractivity contribution is 5.08. The third-order valence-corrected chi connectivity index (χ3v) is 1.62. The predicted molar refractivity (Wildman–Crippen MR) is 40.4 cm³/mol. The van der Waals surface area contributed by atoms with Crippen LogP contribution in [0.15, 0.2) is 25.3 Å². The second-order valence-corrected chi connectivity index (χ2v) is 1.92. The standard InChI is InChI=1S/C8H14O/c1-5-8(6-2,7-3)9-4/h5-6H,1-2,7H2,3-4H3. The van der Waals surface area contributed by atoms with Gasteiger partial charge in [0.1, 0.15) is 5.60 Å². The van der Waals surface area contributed by atoms with Crippen molar-refractivity contribution in [3.8, 4) is 0 Å². The van der Waals surface area contributed by atoms with Gasteiger partial charge in [0.25, 0.3) is 0 Å². The predicted octanol–water partition coefficient (Wildman–Crippen LogP) is 2.15. The maximum Gasteiger partial charge on any atom is 0.103 e. The lowest BCUT2D eigenvalue weighted by Gasteiger charge is -2.22. The maximum atomic E-state index is 5.15. The van der Waals surface area contributed by atoms with E-state index in [1.165, 1.54) is 0 Å². The van der Waals surface area contributed by atoms with Gasteiger partial charge in [-0.15, -0.1) is 0 Å². The zero-order chi connectivity index (χ0) is 7.33. The van der Waals surface area contributed by atoms with Gasteiger partial charge in [0.05, 0.1) is 0 Å². The molecule has 9 heavy (non-hydrogen) atoms. The smallest absolute Gasteiger partial charge is 0.103 e. The van der Waals surface area contributed by atoms with Crippen molar-refractivity contribution in [1.29, 1.82) is 0 Å². The Morgan fingerprint density at radius 1 is 1.44 bits per heavy atom. The number of hydrogen-bond donors (Lipinski definition) is 0. The molecule has 0 aromatic carbocycles. The fourth-order valence-corrected chi connectivity index (χ4v) is 0.683. The van der Waals surface area contributed by atoms with Crippen molar-refractivity contribution in [2.24, 2.45) is 0 Å². The molecule has 0 N–H and O–H groups in total. The van der Waals surface area contributed by atoms with Crippen molar-refractivity contribution < 1.29 is 4.74 Å². The van der Waals surface area contributed by atoms with E-state index in [0.717, 1.165) is 6.42 Å². The Balaban J connectivity index is 4.15. The molecule has 0 fully saturated rings. The molecule has 0 aromatic rings.